The van der Waals surface area contributed by atoms with E-state index in [1.54, 1.807) is 0 Å². The third-order valence-electron chi connectivity index (χ3n) is 5.04. The molecule has 0 unspecified atom stereocenters. The fourth-order valence-electron chi connectivity index (χ4n) is 3.03. The van der Waals surface area contributed by atoms with Gasteiger partial charge in [0.05, 0.1) is 0 Å². The molecule has 2 aliphatic heterocycles. The first-order chi connectivity index (χ1) is 7.62. The van der Waals surface area contributed by atoms with Crippen LogP contribution in [-0.4, -0.2) is 37.2 Å². The summed E-state index contributed by atoms with van der Waals surface area (Å²) in [6.45, 7) is 11.8. The molecule has 2 heterocycles. The van der Waals surface area contributed by atoms with E-state index in [4.69, 9.17) is 4.74 Å². The molecule has 0 aromatic heterocycles. The Morgan fingerprint density at radius 2 is 1.69 bits per heavy atom. The summed E-state index contributed by atoms with van der Waals surface area (Å²) in [6.07, 6.45) is 5.25. The van der Waals surface area contributed by atoms with Gasteiger partial charge >= 0.3 is 0 Å². The van der Waals surface area contributed by atoms with Crippen LogP contribution in [0.25, 0.3) is 0 Å². The molecule has 0 N–H and O–H groups in total. The highest BCUT2D eigenvalue weighted by Crippen LogP contribution is 2.39. The molecule has 0 bridgehead atoms. The second-order valence-corrected chi connectivity index (χ2v) is 6.19. The Morgan fingerprint density at radius 1 is 1.12 bits per heavy atom. The molecule has 16 heavy (non-hydrogen) atoms. The number of likely N-dealkylation sites (tertiary alicyclic amines) is 1. The third-order valence-corrected chi connectivity index (χ3v) is 5.04. The van der Waals surface area contributed by atoms with Crippen molar-refractivity contribution in [2.75, 3.05) is 26.3 Å². The summed E-state index contributed by atoms with van der Waals surface area (Å²) in [4.78, 5) is 2.71. The van der Waals surface area contributed by atoms with E-state index in [0.29, 0.717) is 5.41 Å². The van der Waals surface area contributed by atoms with Crippen molar-refractivity contribution in [1.29, 1.82) is 0 Å². The van der Waals surface area contributed by atoms with Gasteiger partial charge < -0.3 is 9.64 Å². The van der Waals surface area contributed by atoms with E-state index in [-0.39, 0.29) is 0 Å². The second-order valence-electron chi connectivity index (χ2n) is 6.19. The lowest BCUT2D eigenvalue weighted by atomic mass is 9.71. The summed E-state index contributed by atoms with van der Waals surface area (Å²) in [6, 6.07) is 0.811. The molecule has 0 aromatic carbocycles. The van der Waals surface area contributed by atoms with Crippen molar-refractivity contribution in [3.63, 3.8) is 0 Å². The van der Waals surface area contributed by atoms with E-state index in [1.165, 1.54) is 38.8 Å². The number of nitrogens with zero attached hydrogens (tertiary/aromatic N) is 1. The molecule has 0 amide bonds. The van der Waals surface area contributed by atoms with Gasteiger partial charge in [-0.05, 0) is 50.1 Å². The predicted octanol–water partition coefficient (Wildman–Crippen LogP) is 2.92. The maximum absolute atomic E-state index is 5.44. The summed E-state index contributed by atoms with van der Waals surface area (Å²) >= 11 is 0. The highest BCUT2D eigenvalue weighted by Gasteiger charge is 2.35. The number of ether oxygens (including phenoxy) is 1. The molecule has 0 radical (unpaired) electrons. The van der Waals surface area contributed by atoms with E-state index in [0.717, 1.165) is 25.2 Å². The average Bonchev–Trinajstić information content (AvgIpc) is 2.31. The van der Waals surface area contributed by atoms with Gasteiger partial charge in [-0.3, -0.25) is 0 Å². The highest BCUT2D eigenvalue weighted by atomic mass is 16.5. The number of hydrogen-bond donors (Lipinski definition) is 0. The number of rotatable bonds is 2. The average molecular weight is 225 g/mol. The Bertz CT molecular complexity index is 213. The summed E-state index contributed by atoms with van der Waals surface area (Å²) in [7, 11) is 0. The molecule has 2 rings (SSSR count). The lowest BCUT2D eigenvalue weighted by Gasteiger charge is -2.45. The van der Waals surface area contributed by atoms with E-state index >= 15 is 0 Å². The molecule has 2 nitrogen and oxygen atoms in total. The lowest BCUT2D eigenvalue weighted by Crippen LogP contribution is -2.47. The van der Waals surface area contributed by atoms with Crippen LogP contribution < -0.4 is 0 Å². The molecule has 0 atom stereocenters. The minimum atomic E-state index is 0.585. The van der Waals surface area contributed by atoms with E-state index in [2.05, 4.69) is 25.7 Å². The number of piperidine rings is 1. The van der Waals surface area contributed by atoms with Crippen LogP contribution in [0.2, 0.25) is 0 Å². The molecule has 2 fully saturated rings. The van der Waals surface area contributed by atoms with Crippen molar-refractivity contribution >= 4 is 0 Å². The van der Waals surface area contributed by atoms with Gasteiger partial charge in [0.25, 0.3) is 0 Å². The van der Waals surface area contributed by atoms with Gasteiger partial charge in [-0.2, -0.15) is 0 Å². The summed E-state index contributed by atoms with van der Waals surface area (Å²) in [5, 5.41) is 0. The zero-order chi connectivity index (χ0) is 11.6. The lowest BCUT2D eigenvalue weighted by molar-refractivity contribution is -0.000937. The molecular weight excluding hydrogens is 198 g/mol. The smallest absolute Gasteiger partial charge is 0.0480 e. The van der Waals surface area contributed by atoms with Crippen LogP contribution >= 0.6 is 0 Å². The molecule has 2 aliphatic rings. The summed E-state index contributed by atoms with van der Waals surface area (Å²) in [5.41, 5.74) is 0.585. The Balaban J connectivity index is 1.84. The largest absolute Gasteiger partial charge is 0.381 e. The van der Waals surface area contributed by atoms with Gasteiger partial charge in [-0.25, -0.2) is 0 Å². The van der Waals surface area contributed by atoms with E-state index in [1.807, 2.05) is 0 Å². The molecule has 0 saturated carbocycles. The predicted molar refractivity (Wildman–Crippen MR) is 67.6 cm³/mol. The van der Waals surface area contributed by atoms with E-state index in [9.17, 15) is 0 Å². The van der Waals surface area contributed by atoms with Crippen molar-refractivity contribution in [2.24, 2.45) is 11.3 Å². The van der Waals surface area contributed by atoms with Crippen molar-refractivity contribution < 1.29 is 4.74 Å². The van der Waals surface area contributed by atoms with E-state index < -0.39 is 0 Å². The Morgan fingerprint density at radius 3 is 2.19 bits per heavy atom. The van der Waals surface area contributed by atoms with Crippen LogP contribution in [-0.2, 0) is 4.74 Å². The van der Waals surface area contributed by atoms with Crippen LogP contribution in [0.4, 0.5) is 0 Å². The number of hydrogen-bond acceptors (Lipinski definition) is 2. The molecule has 0 aromatic rings. The maximum atomic E-state index is 5.44. The van der Waals surface area contributed by atoms with Crippen LogP contribution in [0.3, 0.4) is 0 Å². The SMILES string of the molecule is CC(C)C1(C)CCN(C2CCOCC2)CC1. The minimum Gasteiger partial charge on any atom is -0.381 e. The normalized spacial score (nSPS) is 28.5. The van der Waals surface area contributed by atoms with Gasteiger partial charge in [0.15, 0.2) is 0 Å². The summed E-state index contributed by atoms with van der Waals surface area (Å²) < 4.78 is 5.44. The standard InChI is InChI=1S/C14H27NO/c1-12(2)14(3)6-8-15(9-7-14)13-4-10-16-11-5-13/h12-13H,4-11H2,1-3H3. The van der Waals surface area contributed by atoms with Gasteiger partial charge in [-0.1, -0.05) is 20.8 Å². The Kier molecular flexibility index (Phi) is 3.91. The minimum absolute atomic E-state index is 0.585. The van der Waals surface area contributed by atoms with Gasteiger partial charge in [-0.15, -0.1) is 0 Å². The molecule has 0 aliphatic carbocycles. The Labute approximate surface area is 100 Å². The van der Waals surface area contributed by atoms with Crippen LogP contribution in [0.15, 0.2) is 0 Å². The zero-order valence-electron chi connectivity index (χ0n) is 11.2. The van der Waals surface area contributed by atoms with Crippen LogP contribution in [0.1, 0.15) is 46.5 Å². The second kappa shape index (κ2) is 5.05. The quantitative estimate of drug-likeness (QED) is 0.716. The van der Waals surface area contributed by atoms with Crippen molar-refractivity contribution in [2.45, 2.75) is 52.5 Å². The van der Waals surface area contributed by atoms with Gasteiger partial charge in [0, 0.05) is 19.3 Å². The molecule has 2 saturated heterocycles. The maximum Gasteiger partial charge on any atom is 0.0480 e. The first-order valence-corrected chi connectivity index (χ1v) is 6.93. The fraction of sp³-hybridized carbons (Fsp3) is 1.00. The van der Waals surface area contributed by atoms with Crippen LogP contribution in [0.5, 0.6) is 0 Å². The fourth-order valence-corrected chi connectivity index (χ4v) is 3.03. The highest BCUT2D eigenvalue weighted by molar-refractivity contribution is 4.87. The van der Waals surface area contributed by atoms with Gasteiger partial charge in [0.2, 0.25) is 0 Å². The van der Waals surface area contributed by atoms with Gasteiger partial charge in [0.1, 0.15) is 0 Å². The van der Waals surface area contributed by atoms with Crippen molar-refractivity contribution in [3.05, 3.63) is 0 Å². The zero-order valence-corrected chi connectivity index (χ0v) is 11.2. The van der Waals surface area contributed by atoms with Crippen LogP contribution in [0, 0.1) is 11.3 Å². The molecule has 0 spiro atoms. The molecular formula is C14H27NO. The monoisotopic (exact) mass is 225 g/mol. The third kappa shape index (κ3) is 2.60. The molecule has 2 heteroatoms. The summed E-state index contributed by atoms with van der Waals surface area (Å²) in [5.74, 6) is 0.823. The first-order valence-electron chi connectivity index (χ1n) is 6.93. The first kappa shape index (κ1) is 12.4. The topological polar surface area (TPSA) is 12.5 Å². The van der Waals surface area contributed by atoms with Crippen molar-refractivity contribution in [3.8, 4) is 0 Å². The Hall–Kier alpha value is -0.0800. The molecule has 94 valence electrons. The van der Waals surface area contributed by atoms with Crippen molar-refractivity contribution in [1.82, 2.24) is 4.90 Å².